The number of hydrogen-bond acceptors (Lipinski definition) is 5. The Hall–Kier alpha value is -3.45. The maximum Gasteiger partial charge on any atom is 0.305 e. The van der Waals surface area contributed by atoms with Crippen molar-refractivity contribution >= 4 is 17.6 Å². The topological polar surface area (TPSA) is 110 Å². The van der Waals surface area contributed by atoms with E-state index in [0.717, 1.165) is 11.1 Å². The Bertz CT molecular complexity index is 892. The van der Waals surface area contributed by atoms with Crippen LogP contribution >= 0.6 is 0 Å². The molecule has 1 heterocycles. The summed E-state index contributed by atoms with van der Waals surface area (Å²) in [4.78, 5) is 24.3. The average molecular weight is 350 g/mol. The van der Waals surface area contributed by atoms with Crippen molar-refractivity contribution < 1.29 is 14.3 Å². The number of carbonyl (C=O) groups excluding carboxylic acids is 2. The second-order valence-corrected chi connectivity index (χ2v) is 5.71. The quantitative estimate of drug-likeness (QED) is 0.483. The summed E-state index contributed by atoms with van der Waals surface area (Å²) in [6.07, 6.45) is 3.43. The van der Waals surface area contributed by atoms with Crippen molar-refractivity contribution in [1.29, 1.82) is 0 Å². The molecule has 132 valence electrons. The number of rotatable bonds is 5. The number of ether oxygens (including phenoxy) is 1. The molecule has 7 heteroatoms. The molecule has 0 saturated carbocycles. The lowest BCUT2D eigenvalue weighted by atomic mass is 9.99. The molecule has 7 nitrogen and oxygen atoms in total. The third kappa shape index (κ3) is 3.62. The Balaban J connectivity index is 1.91. The van der Waals surface area contributed by atoms with E-state index in [1.54, 1.807) is 60.9 Å². The van der Waals surface area contributed by atoms with Crippen LogP contribution in [-0.4, -0.2) is 22.1 Å². The van der Waals surface area contributed by atoms with E-state index in [9.17, 15) is 9.59 Å². The molecule has 0 aliphatic carbocycles. The molecule has 3 rings (SSSR count). The molecule has 0 saturated heterocycles. The summed E-state index contributed by atoms with van der Waals surface area (Å²) in [5.74, 6) is -1.30. The predicted octanol–water partition coefficient (Wildman–Crippen LogP) is 2.39. The van der Waals surface area contributed by atoms with Gasteiger partial charge in [-0.1, -0.05) is 42.5 Å². The Morgan fingerprint density at radius 2 is 1.77 bits per heavy atom. The van der Waals surface area contributed by atoms with Gasteiger partial charge in [0.25, 0.3) is 11.6 Å². The van der Waals surface area contributed by atoms with Crippen LogP contribution in [0.1, 0.15) is 12.5 Å². The van der Waals surface area contributed by atoms with Gasteiger partial charge in [-0.05, 0) is 17.7 Å². The van der Waals surface area contributed by atoms with Gasteiger partial charge in [0, 0.05) is 29.9 Å². The monoisotopic (exact) mass is 350 g/mol. The Morgan fingerprint density at radius 3 is 2.35 bits per heavy atom. The molecule has 0 spiro atoms. The van der Waals surface area contributed by atoms with E-state index in [-0.39, 0.29) is 0 Å². The maximum absolute atomic E-state index is 12.8. The van der Waals surface area contributed by atoms with Crippen molar-refractivity contribution in [2.75, 3.05) is 5.32 Å². The van der Waals surface area contributed by atoms with Crippen molar-refractivity contribution in [2.24, 2.45) is 5.73 Å². The third-order valence-electron chi connectivity index (χ3n) is 3.82. The van der Waals surface area contributed by atoms with Gasteiger partial charge in [0.2, 0.25) is 0 Å². The Morgan fingerprint density at radius 1 is 1.08 bits per heavy atom. The van der Waals surface area contributed by atoms with E-state index in [1.807, 2.05) is 6.07 Å². The first kappa shape index (κ1) is 17.4. The zero-order chi connectivity index (χ0) is 18.6. The normalized spacial score (nSPS) is 12.8. The molecule has 0 bridgehead atoms. The van der Waals surface area contributed by atoms with Gasteiger partial charge in [-0.25, -0.2) is 0 Å². The van der Waals surface area contributed by atoms with Crippen LogP contribution in [-0.2, 0) is 20.1 Å². The van der Waals surface area contributed by atoms with Crippen molar-refractivity contribution in [3.8, 4) is 11.1 Å². The molecule has 3 aromatic rings. The smallest absolute Gasteiger partial charge is 0.305 e. The lowest BCUT2D eigenvalue weighted by Gasteiger charge is -2.28. The first-order valence-electron chi connectivity index (χ1n) is 7.94. The van der Waals surface area contributed by atoms with E-state index in [1.165, 1.54) is 6.92 Å². The van der Waals surface area contributed by atoms with Crippen molar-refractivity contribution in [3.63, 3.8) is 0 Å². The van der Waals surface area contributed by atoms with Gasteiger partial charge in [0.1, 0.15) is 0 Å². The highest BCUT2D eigenvalue weighted by Gasteiger charge is 2.40. The first-order valence-corrected chi connectivity index (χ1v) is 7.94. The van der Waals surface area contributed by atoms with Crippen LogP contribution in [0.4, 0.5) is 5.69 Å². The van der Waals surface area contributed by atoms with Crippen molar-refractivity contribution in [3.05, 3.63) is 72.6 Å². The second-order valence-electron chi connectivity index (χ2n) is 5.71. The zero-order valence-electron chi connectivity index (χ0n) is 14.1. The molecule has 2 aromatic carbocycles. The van der Waals surface area contributed by atoms with Crippen LogP contribution in [0, 0.1) is 0 Å². The number of esters is 1. The van der Waals surface area contributed by atoms with Crippen LogP contribution in [0.25, 0.3) is 11.1 Å². The van der Waals surface area contributed by atoms with Gasteiger partial charge in [-0.15, -0.1) is 0 Å². The number of amides is 1. The lowest BCUT2D eigenvalue weighted by Crippen LogP contribution is -2.51. The van der Waals surface area contributed by atoms with Crippen LogP contribution < -0.4 is 11.1 Å². The number of anilines is 1. The number of benzene rings is 2. The standard InChI is InChI=1S/C19H18N4O3/c1-13(24)26-19(20,18(25)23-17-5-3-2-4-6-17)16-9-7-14(8-10-16)15-11-21-22-12-15/h2-12H,20H2,1H3,(H,21,22)(H,23,25). The number of hydrogen-bond donors (Lipinski definition) is 3. The number of nitrogens with two attached hydrogens (primary N) is 1. The van der Waals surface area contributed by atoms with E-state index in [2.05, 4.69) is 15.5 Å². The number of para-hydroxylation sites is 1. The summed E-state index contributed by atoms with van der Waals surface area (Å²) in [7, 11) is 0. The fourth-order valence-electron chi connectivity index (χ4n) is 2.53. The highest BCUT2D eigenvalue weighted by Crippen LogP contribution is 2.26. The van der Waals surface area contributed by atoms with Gasteiger partial charge in [0.05, 0.1) is 6.20 Å². The van der Waals surface area contributed by atoms with Crippen LogP contribution in [0.5, 0.6) is 0 Å². The Labute approximate surface area is 150 Å². The average Bonchev–Trinajstić information content (AvgIpc) is 3.17. The van der Waals surface area contributed by atoms with Crippen LogP contribution in [0.2, 0.25) is 0 Å². The van der Waals surface area contributed by atoms with Crippen molar-refractivity contribution in [1.82, 2.24) is 10.2 Å². The summed E-state index contributed by atoms with van der Waals surface area (Å²) in [5.41, 5.74) is 6.94. The minimum Gasteiger partial charge on any atom is -0.430 e. The minimum absolute atomic E-state index is 0.355. The summed E-state index contributed by atoms with van der Waals surface area (Å²) in [6, 6.07) is 15.7. The highest BCUT2D eigenvalue weighted by molar-refractivity contribution is 5.98. The lowest BCUT2D eigenvalue weighted by molar-refractivity contribution is -0.165. The SMILES string of the molecule is CC(=O)OC(N)(C(=O)Nc1ccccc1)c1ccc(-c2cn[nH]c2)cc1. The summed E-state index contributed by atoms with van der Waals surface area (Å²) in [5, 5.41) is 9.31. The molecular formula is C19H18N4O3. The molecule has 1 unspecified atom stereocenters. The number of nitrogens with zero attached hydrogens (tertiary/aromatic N) is 1. The van der Waals surface area contributed by atoms with Gasteiger partial charge in [-0.3, -0.25) is 20.4 Å². The minimum atomic E-state index is -1.95. The summed E-state index contributed by atoms with van der Waals surface area (Å²) < 4.78 is 5.20. The molecule has 26 heavy (non-hydrogen) atoms. The number of H-pyrrole nitrogens is 1. The first-order chi connectivity index (χ1) is 12.5. The fraction of sp³-hybridized carbons (Fsp3) is 0.105. The van der Waals surface area contributed by atoms with Gasteiger partial charge < -0.3 is 10.1 Å². The van der Waals surface area contributed by atoms with E-state index in [4.69, 9.17) is 10.5 Å². The maximum atomic E-state index is 12.8. The van der Waals surface area contributed by atoms with E-state index in [0.29, 0.717) is 11.3 Å². The summed E-state index contributed by atoms with van der Waals surface area (Å²) >= 11 is 0. The third-order valence-corrected chi connectivity index (χ3v) is 3.82. The van der Waals surface area contributed by atoms with Gasteiger partial charge in [0.15, 0.2) is 0 Å². The molecule has 1 atom stereocenters. The second kappa shape index (κ2) is 7.20. The van der Waals surface area contributed by atoms with E-state index >= 15 is 0 Å². The largest absolute Gasteiger partial charge is 0.430 e. The molecular weight excluding hydrogens is 332 g/mol. The highest BCUT2D eigenvalue weighted by atomic mass is 16.6. The molecule has 1 amide bonds. The molecule has 4 N–H and O–H groups in total. The molecule has 0 radical (unpaired) electrons. The van der Waals surface area contributed by atoms with Crippen molar-refractivity contribution in [2.45, 2.75) is 12.6 Å². The fourth-order valence-corrected chi connectivity index (χ4v) is 2.53. The summed E-state index contributed by atoms with van der Waals surface area (Å²) in [6.45, 7) is 1.21. The van der Waals surface area contributed by atoms with Gasteiger partial charge >= 0.3 is 5.97 Å². The molecule has 1 aromatic heterocycles. The van der Waals surface area contributed by atoms with Crippen LogP contribution in [0.3, 0.4) is 0 Å². The zero-order valence-corrected chi connectivity index (χ0v) is 14.1. The number of aromatic amines is 1. The number of aromatic nitrogens is 2. The number of nitrogens with one attached hydrogen (secondary N) is 2. The molecule has 0 fully saturated rings. The molecule has 0 aliphatic rings. The van der Waals surface area contributed by atoms with Crippen LogP contribution in [0.15, 0.2) is 67.0 Å². The predicted molar refractivity (Wildman–Crippen MR) is 96.7 cm³/mol. The Kier molecular flexibility index (Phi) is 4.81. The molecule has 0 aliphatic heterocycles. The van der Waals surface area contributed by atoms with Gasteiger partial charge in [-0.2, -0.15) is 5.10 Å². The van der Waals surface area contributed by atoms with E-state index < -0.39 is 17.6 Å². The number of carbonyl (C=O) groups is 2.